The van der Waals surface area contributed by atoms with Gasteiger partial charge >= 0.3 is 18.4 Å². The fourth-order valence-corrected chi connectivity index (χ4v) is 5.43. The molecular weight excluding hydrogens is 605 g/mol. The molecule has 1 unspecified atom stereocenters. The van der Waals surface area contributed by atoms with Crippen molar-refractivity contribution in [1.29, 1.82) is 0 Å². The topological polar surface area (TPSA) is 103 Å². The first-order valence-corrected chi connectivity index (χ1v) is 13.7. The van der Waals surface area contributed by atoms with E-state index in [1.165, 1.54) is 54.4 Å². The number of carboxylic acids is 1. The van der Waals surface area contributed by atoms with Crippen LogP contribution in [0.1, 0.15) is 51.8 Å². The van der Waals surface area contributed by atoms with E-state index in [9.17, 15) is 31.5 Å². The number of fused-ring (bicyclic) bond motifs is 2. The summed E-state index contributed by atoms with van der Waals surface area (Å²) >= 11 is 0. The molecule has 0 radical (unpaired) electrons. The number of hydrogen-bond donors (Lipinski definition) is 1. The Hall–Kier alpha value is -5.14. The number of halogens is 5. The molecule has 0 spiro atoms. The quantitative estimate of drug-likeness (QED) is 0.231. The van der Waals surface area contributed by atoms with E-state index < -0.39 is 36.1 Å². The number of aliphatic carboxylic acids is 1. The van der Waals surface area contributed by atoms with E-state index in [1.54, 1.807) is 24.3 Å². The minimum absolute atomic E-state index is 0.00717. The Morgan fingerprint density at radius 3 is 2.51 bits per heavy atom. The highest BCUT2D eigenvalue weighted by Crippen LogP contribution is 2.44. The molecule has 1 amide bonds. The zero-order chi connectivity index (χ0) is 32.1. The van der Waals surface area contributed by atoms with E-state index >= 15 is 0 Å². The van der Waals surface area contributed by atoms with Gasteiger partial charge in [0.05, 0.1) is 17.8 Å². The fourth-order valence-electron chi connectivity index (χ4n) is 5.43. The summed E-state index contributed by atoms with van der Waals surface area (Å²) in [7, 11) is 1.41. The second kappa shape index (κ2) is 11.1. The monoisotopic (exact) mass is 629 g/mol. The third-order valence-corrected chi connectivity index (χ3v) is 7.46. The SMILES string of the molecule is CN(C(=O)c1cccc(-n2nc(C(F)(F)F)c3c2C(Oc2ccc(CC(=O)O)cc2)CCC3)c1)c1ccc2c(c1)OC(F)(F)O2. The maximum absolute atomic E-state index is 14.2. The summed E-state index contributed by atoms with van der Waals surface area (Å²) in [6.07, 6.45) is -8.68. The van der Waals surface area contributed by atoms with Crippen LogP contribution < -0.4 is 19.1 Å². The lowest BCUT2D eigenvalue weighted by Gasteiger charge is -2.26. The molecule has 45 heavy (non-hydrogen) atoms. The van der Waals surface area contributed by atoms with Crippen molar-refractivity contribution in [3.8, 4) is 22.9 Å². The largest absolute Gasteiger partial charge is 0.586 e. The number of nitrogens with zero attached hydrogens (tertiary/aromatic N) is 3. The number of ether oxygens (including phenoxy) is 3. The molecule has 0 fully saturated rings. The van der Waals surface area contributed by atoms with Crippen molar-refractivity contribution in [1.82, 2.24) is 9.78 Å². The van der Waals surface area contributed by atoms with Crippen LogP contribution in [0.25, 0.3) is 5.69 Å². The number of aromatic nitrogens is 2. The maximum Gasteiger partial charge on any atom is 0.586 e. The van der Waals surface area contributed by atoms with Gasteiger partial charge < -0.3 is 24.2 Å². The summed E-state index contributed by atoms with van der Waals surface area (Å²) in [5.41, 5.74) is 0.160. The lowest BCUT2D eigenvalue weighted by Crippen LogP contribution is -2.26. The van der Waals surface area contributed by atoms with Gasteiger partial charge in [0.15, 0.2) is 17.2 Å². The molecule has 1 aliphatic carbocycles. The van der Waals surface area contributed by atoms with Gasteiger partial charge in [-0.1, -0.05) is 18.2 Å². The Morgan fingerprint density at radius 1 is 1.07 bits per heavy atom. The van der Waals surface area contributed by atoms with E-state index in [4.69, 9.17) is 9.84 Å². The molecule has 1 N–H and O–H groups in total. The molecule has 1 aliphatic heterocycles. The number of carbonyl (C=O) groups is 2. The van der Waals surface area contributed by atoms with Crippen LogP contribution in [0.3, 0.4) is 0 Å². The predicted molar refractivity (Wildman–Crippen MR) is 148 cm³/mol. The highest BCUT2D eigenvalue weighted by Gasteiger charge is 2.44. The number of carbonyl (C=O) groups excluding carboxylic acids is 1. The minimum Gasteiger partial charge on any atom is -0.484 e. The minimum atomic E-state index is -4.75. The van der Waals surface area contributed by atoms with E-state index in [0.29, 0.717) is 24.2 Å². The van der Waals surface area contributed by atoms with Crippen molar-refractivity contribution in [2.45, 2.75) is 44.3 Å². The first-order chi connectivity index (χ1) is 21.3. The number of benzene rings is 3. The molecular formula is C31H24F5N3O6. The highest BCUT2D eigenvalue weighted by molar-refractivity contribution is 6.06. The molecule has 14 heteroatoms. The summed E-state index contributed by atoms with van der Waals surface area (Å²) in [5.74, 6) is -1.68. The maximum atomic E-state index is 14.2. The smallest absolute Gasteiger partial charge is 0.484 e. The molecule has 9 nitrogen and oxygen atoms in total. The second-order valence-electron chi connectivity index (χ2n) is 10.5. The van der Waals surface area contributed by atoms with Crippen LogP contribution in [0.5, 0.6) is 17.2 Å². The molecule has 2 heterocycles. The zero-order valence-electron chi connectivity index (χ0n) is 23.5. The van der Waals surface area contributed by atoms with Crippen molar-refractivity contribution < 1.29 is 50.9 Å². The van der Waals surface area contributed by atoms with Crippen molar-refractivity contribution in [2.24, 2.45) is 0 Å². The summed E-state index contributed by atoms with van der Waals surface area (Å²) in [6, 6.07) is 16.0. The number of rotatable bonds is 7. The van der Waals surface area contributed by atoms with Gasteiger partial charge in [-0.15, -0.1) is 8.78 Å². The first-order valence-electron chi connectivity index (χ1n) is 13.7. The number of carboxylic acid groups (broad SMARTS) is 1. The summed E-state index contributed by atoms with van der Waals surface area (Å²) in [4.78, 5) is 25.6. The molecule has 0 bridgehead atoms. The lowest BCUT2D eigenvalue weighted by atomic mass is 9.92. The molecule has 0 saturated carbocycles. The van der Waals surface area contributed by atoms with Crippen molar-refractivity contribution in [2.75, 3.05) is 11.9 Å². The van der Waals surface area contributed by atoms with Gasteiger partial charge in [-0.05, 0) is 67.3 Å². The van der Waals surface area contributed by atoms with Gasteiger partial charge in [-0.25, -0.2) is 4.68 Å². The van der Waals surface area contributed by atoms with Crippen molar-refractivity contribution >= 4 is 17.6 Å². The Labute approximate surface area is 252 Å². The van der Waals surface area contributed by atoms with Gasteiger partial charge in [0, 0.05) is 29.9 Å². The van der Waals surface area contributed by atoms with Gasteiger partial charge in [0.25, 0.3) is 5.91 Å². The van der Waals surface area contributed by atoms with Crippen LogP contribution in [0.2, 0.25) is 0 Å². The lowest BCUT2D eigenvalue weighted by molar-refractivity contribution is -0.286. The van der Waals surface area contributed by atoms with Crippen LogP contribution in [0.15, 0.2) is 66.7 Å². The Bertz CT molecular complexity index is 1790. The Balaban J connectivity index is 1.33. The van der Waals surface area contributed by atoms with Crippen LogP contribution in [-0.4, -0.2) is 40.1 Å². The second-order valence-corrected chi connectivity index (χ2v) is 10.5. The highest BCUT2D eigenvalue weighted by atomic mass is 19.4. The van der Waals surface area contributed by atoms with E-state index in [1.807, 2.05) is 0 Å². The first kappa shape index (κ1) is 29.9. The zero-order valence-corrected chi connectivity index (χ0v) is 23.5. The molecule has 2 aliphatic rings. The molecule has 3 aromatic carbocycles. The summed E-state index contributed by atoms with van der Waals surface area (Å²) in [5, 5.41) is 13.0. The Kier molecular flexibility index (Phi) is 7.37. The van der Waals surface area contributed by atoms with E-state index in [-0.39, 0.29) is 52.5 Å². The molecule has 1 atom stereocenters. The van der Waals surface area contributed by atoms with Gasteiger partial charge in [0.2, 0.25) is 0 Å². The van der Waals surface area contributed by atoms with Gasteiger partial charge in [-0.3, -0.25) is 9.59 Å². The average Bonchev–Trinajstić information content (AvgIpc) is 3.54. The number of alkyl halides is 5. The molecule has 234 valence electrons. The van der Waals surface area contributed by atoms with E-state index in [2.05, 4.69) is 14.6 Å². The fraction of sp³-hybridized carbons (Fsp3) is 0.258. The number of hydrogen-bond acceptors (Lipinski definition) is 6. The van der Waals surface area contributed by atoms with Crippen molar-refractivity contribution in [3.05, 3.63) is 94.8 Å². The number of amides is 1. The molecule has 1 aromatic heterocycles. The van der Waals surface area contributed by atoms with Crippen LogP contribution >= 0.6 is 0 Å². The third-order valence-electron chi connectivity index (χ3n) is 7.46. The standard InChI is InChI=1S/C31H24F5N3O6/c1-38(19-10-13-23-25(16-19)45-31(35,36)44-23)29(42)18-4-2-5-20(15-18)39-27-22(28(37-39)30(32,33)34)6-3-7-24(27)43-21-11-8-17(9-12-21)14-26(40)41/h2,4-5,8-13,15-16,24H,3,6-7,14H2,1H3,(H,40,41). The van der Waals surface area contributed by atoms with Crippen molar-refractivity contribution in [3.63, 3.8) is 0 Å². The average molecular weight is 630 g/mol. The summed E-state index contributed by atoms with van der Waals surface area (Å²) < 4.78 is 85.6. The van der Waals surface area contributed by atoms with E-state index in [0.717, 1.165) is 4.68 Å². The van der Waals surface area contributed by atoms with Gasteiger partial charge in [0.1, 0.15) is 11.9 Å². The normalized spacial score (nSPS) is 16.6. The van der Waals surface area contributed by atoms with Crippen LogP contribution in [0.4, 0.5) is 27.6 Å². The predicted octanol–water partition coefficient (Wildman–Crippen LogP) is 6.57. The molecule has 0 saturated heterocycles. The molecule has 6 rings (SSSR count). The van der Waals surface area contributed by atoms with Gasteiger partial charge in [-0.2, -0.15) is 18.3 Å². The van der Waals surface area contributed by atoms with Crippen LogP contribution in [0, 0.1) is 0 Å². The molecule has 4 aromatic rings. The Morgan fingerprint density at radius 2 is 1.80 bits per heavy atom. The third kappa shape index (κ3) is 5.99. The number of anilines is 1. The van der Waals surface area contributed by atoms with Crippen LogP contribution in [-0.2, 0) is 23.8 Å². The summed E-state index contributed by atoms with van der Waals surface area (Å²) in [6.45, 7) is 0.